The van der Waals surface area contributed by atoms with E-state index in [9.17, 15) is 4.79 Å². The van der Waals surface area contributed by atoms with Gasteiger partial charge in [-0.1, -0.05) is 43.7 Å². The molecule has 1 unspecified atom stereocenters. The summed E-state index contributed by atoms with van der Waals surface area (Å²) in [4.78, 5) is 16.5. The van der Waals surface area contributed by atoms with E-state index in [1.807, 2.05) is 6.07 Å². The Morgan fingerprint density at radius 1 is 1.15 bits per heavy atom. The normalized spacial score (nSPS) is 17.9. The minimum absolute atomic E-state index is 0.208. The highest BCUT2D eigenvalue weighted by Crippen LogP contribution is 2.21. The molecule has 0 radical (unpaired) electrons. The van der Waals surface area contributed by atoms with E-state index in [0.717, 1.165) is 44.8 Å². The molecule has 1 N–H and O–H groups in total. The van der Waals surface area contributed by atoms with Gasteiger partial charge in [0.05, 0.1) is 0 Å². The number of carbonyl (C=O) groups excluding carboxylic acids is 1. The van der Waals surface area contributed by atoms with Gasteiger partial charge in [-0.05, 0) is 24.1 Å². The molecular formula is C20H27N5O. The summed E-state index contributed by atoms with van der Waals surface area (Å²) in [6.45, 7) is 6.08. The number of nitrogens with one attached hydrogen (secondary N) is 1. The first-order valence-electron chi connectivity index (χ1n) is 9.30. The van der Waals surface area contributed by atoms with Crippen molar-refractivity contribution in [3.05, 3.63) is 53.7 Å². The lowest BCUT2D eigenvalue weighted by Gasteiger charge is -2.42. The average molecular weight is 353 g/mol. The van der Waals surface area contributed by atoms with Crippen LogP contribution in [0.2, 0.25) is 0 Å². The van der Waals surface area contributed by atoms with E-state index in [4.69, 9.17) is 0 Å². The van der Waals surface area contributed by atoms with Crippen LogP contribution in [0.1, 0.15) is 35.8 Å². The fourth-order valence-corrected chi connectivity index (χ4v) is 3.48. The molecule has 6 heteroatoms. The maximum Gasteiger partial charge on any atom is 0.271 e. The Morgan fingerprint density at radius 2 is 1.96 bits per heavy atom. The lowest BCUT2D eigenvalue weighted by atomic mass is 10.0. The second-order valence-electron chi connectivity index (χ2n) is 6.70. The second-order valence-corrected chi connectivity index (χ2v) is 6.70. The third kappa shape index (κ3) is 4.38. The summed E-state index contributed by atoms with van der Waals surface area (Å²) >= 11 is 0. The van der Waals surface area contributed by atoms with Gasteiger partial charge in [-0.15, -0.1) is 10.2 Å². The van der Waals surface area contributed by atoms with Crippen molar-refractivity contribution in [1.82, 2.24) is 20.4 Å². The minimum atomic E-state index is -0.208. The fourth-order valence-electron chi connectivity index (χ4n) is 3.48. The molecule has 26 heavy (non-hydrogen) atoms. The number of hydrogen-bond acceptors (Lipinski definition) is 5. The SMILES string of the molecule is CCCC1CN(c2ccc(C(=O)NC)nn2)CCN1Cc1ccccc1. The van der Waals surface area contributed by atoms with Crippen LogP contribution < -0.4 is 10.2 Å². The van der Waals surface area contributed by atoms with Crippen LogP contribution in [-0.4, -0.2) is 53.7 Å². The van der Waals surface area contributed by atoms with E-state index in [2.05, 4.69) is 62.6 Å². The van der Waals surface area contributed by atoms with Crippen LogP contribution in [-0.2, 0) is 6.54 Å². The number of amides is 1. The highest BCUT2D eigenvalue weighted by molar-refractivity contribution is 5.91. The van der Waals surface area contributed by atoms with E-state index >= 15 is 0 Å². The number of rotatable bonds is 6. The van der Waals surface area contributed by atoms with Crippen molar-refractivity contribution in [2.24, 2.45) is 0 Å². The van der Waals surface area contributed by atoms with E-state index in [0.29, 0.717) is 11.7 Å². The van der Waals surface area contributed by atoms with Gasteiger partial charge in [0.2, 0.25) is 0 Å². The molecule has 2 aromatic rings. The van der Waals surface area contributed by atoms with Gasteiger partial charge < -0.3 is 10.2 Å². The number of nitrogens with zero attached hydrogens (tertiary/aromatic N) is 4. The number of piperazine rings is 1. The molecule has 1 atom stereocenters. The summed E-state index contributed by atoms with van der Waals surface area (Å²) in [5.74, 6) is 0.638. The minimum Gasteiger partial charge on any atom is -0.354 e. The van der Waals surface area contributed by atoms with Gasteiger partial charge in [-0.25, -0.2) is 0 Å². The first kappa shape index (κ1) is 18.3. The summed E-state index contributed by atoms with van der Waals surface area (Å²) in [5.41, 5.74) is 1.71. The summed E-state index contributed by atoms with van der Waals surface area (Å²) in [6, 6.07) is 14.8. The molecule has 0 bridgehead atoms. The maximum atomic E-state index is 11.6. The molecule has 3 rings (SSSR count). The van der Waals surface area contributed by atoms with Crippen LogP contribution in [0.3, 0.4) is 0 Å². The van der Waals surface area contributed by atoms with Gasteiger partial charge >= 0.3 is 0 Å². The van der Waals surface area contributed by atoms with Crippen LogP contribution in [0, 0.1) is 0 Å². The molecule has 1 aliphatic rings. The average Bonchev–Trinajstić information content (AvgIpc) is 2.70. The molecule has 0 aliphatic carbocycles. The van der Waals surface area contributed by atoms with Crippen LogP contribution in [0.25, 0.3) is 0 Å². The first-order chi connectivity index (χ1) is 12.7. The smallest absolute Gasteiger partial charge is 0.271 e. The third-order valence-electron chi connectivity index (χ3n) is 4.89. The number of aromatic nitrogens is 2. The zero-order valence-electron chi connectivity index (χ0n) is 15.6. The predicted octanol–water partition coefficient (Wildman–Crippen LogP) is 2.33. The Labute approximate surface area is 155 Å². The number of hydrogen-bond donors (Lipinski definition) is 1. The molecule has 1 saturated heterocycles. The zero-order chi connectivity index (χ0) is 18.4. The first-order valence-corrected chi connectivity index (χ1v) is 9.30. The highest BCUT2D eigenvalue weighted by atomic mass is 16.1. The fraction of sp³-hybridized carbons (Fsp3) is 0.450. The van der Waals surface area contributed by atoms with Crippen molar-refractivity contribution in [3.63, 3.8) is 0 Å². The molecular weight excluding hydrogens is 326 g/mol. The quantitative estimate of drug-likeness (QED) is 0.864. The van der Waals surface area contributed by atoms with Crippen molar-refractivity contribution in [3.8, 4) is 0 Å². The van der Waals surface area contributed by atoms with Crippen molar-refractivity contribution < 1.29 is 4.79 Å². The van der Waals surface area contributed by atoms with Crippen LogP contribution >= 0.6 is 0 Å². The standard InChI is InChI=1S/C20H27N5O/c1-3-7-17-15-25(19-11-10-18(22-23-19)20(26)21-2)13-12-24(17)14-16-8-5-4-6-9-16/h4-6,8-11,17H,3,7,12-15H2,1-2H3,(H,21,26). The topological polar surface area (TPSA) is 61.4 Å². The van der Waals surface area contributed by atoms with Crippen LogP contribution in [0.4, 0.5) is 5.82 Å². The van der Waals surface area contributed by atoms with E-state index < -0.39 is 0 Å². The summed E-state index contributed by atoms with van der Waals surface area (Å²) in [5, 5.41) is 10.9. The summed E-state index contributed by atoms with van der Waals surface area (Å²) in [7, 11) is 1.60. The predicted molar refractivity (Wildman–Crippen MR) is 103 cm³/mol. The highest BCUT2D eigenvalue weighted by Gasteiger charge is 2.27. The van der Waals surface area contributed by atoms with Gasteiger partial charge in [-0.2, -0.15) is 0 Å². The Morgan fingerprint density at radius 3 is 2.62 bits per heavy atom. The molecule has 6 nitrogen and oxygen atoms in total. The summed E-state index contributed by atoms with van der Waals surface area (Å²) < 4.78 is 0. The Bertz CT molecular complexity index is 704. The molecule has 0 spiro atoms. The van der Waals surface area contributed by atoms with Crippen molar-refractivity contribution in [1.29, 1.82) is 0 Å². The molecule has 1 aliphatic heterocycles. The van der Waals surface area contributed by atoms with E-state index in [-0.39, 0.29) is 5.91 Å². The molecule has 138 valence electrons. The van der Waals surface area contributed by atoms with Gasteiger partial charge in [-0.3, -0.25) is 9.69 Å². The van der Waals surface area contributed by atoms with E-state index in [1.54, 1.807) is 13.1 Å². The molecule has 2 heterocycles. The molecule has 1 amide bonds. The van der Waals surface area contributed by atoms with Gasteiger partial charge in [0.1, 0.15) is 0 Å². The van der Waals surface area contributed by atoms with Crippen LogP contribution in [0.15, 0.2) is 42.5 Å². The number of benzene rings is 1. The molecule has 1 fully saturated rings. The van der Waals surface area contributed by atoms with Gasteiger partial charge in [0, 0.05) is 39.3 Å². The van der Waals surface area contributed by atoms with Crippen LogP contribution in [0.5, 0.6) is 0 Å². The second kappa shape index (κ2) is 8.76. The van der Waals surface area contributed by atoms with Gasteiger partial charge in [0.15, 0.2) is 11.5 Å². The third-order valence-corrected chi connectivity index (χ3v) is 4.89. The monoisotopic (exact) mass is 353 g/mol. The number of anilines is 1. The Kier molecular flexibility index (Phi) is 6.17. The number of carbonyl (C=O) groups is 1. The van der Waals surface area contributed by atoms with Crippen molar-refractivity contribution in [2.45, 2.75) is 32.4 Å². The Balaban J connectivity index is 1.68. The molecule has 0 saturated carbocycles. The zero-order valence-corrected chi connectivity index (χ0v) is 15.6. The van der Waals surface area contributed by atoms with Gasteiger partial charge in [0.25, 0.3) is 5.91 Å². The van der Waals surface area contributed by atoms with E-state index in [1.165, 1.54) is 5.56 Å². The van der Waals surface area contributed by atoms with Crippen molar-refractivity contribution in [2.75, 3.05) is 31.6 Å². The molecule has 1 aromatic carbocycles. The summed E-state index contributed by atoms with van der Waals surface area (Å²) in [6.07, 6.45) is 2.32. The Hall–Kier alpha value is -2.47. The van der Waals surface area contributed by atoms with Crippen molar-refractivity contribution >= 4 is 11.7 Å². The molecule has 1 aromatic heterocycles. The maximum absolute atomic E-state index is 11.6. The lowest BCUT2D eigenvalue weighted by Crippen LogP contribution is -2.53. The largest absolute Gasteiger partial charge is 0.354 e. The lowest BCUT2D eigenvalue weighted by molar-refractivity contribution is 0.0957.